The fraction of sp³-hybridized carbons (Fsp3) is 0.316. The smallest absolute Gasteiger partial charge is 0.254 e. The molecular formula is C19H20FNO3. The molecule has 1 aliphatic rings. The molecule has 1 N–H and O–H groups in total. The fourth-order valence-corrected chi connectivity index (χ4v) is 2.71. The van der Waals surface area contributed by atoms with Crippen LogP contribution >= 0.6 is 0 Å². The topological polar surface area (TPSA) is 47.6 Å². The first-order chi connectivity index (χ1) is 11.7. The van der Waals surface area contributed by atoms with Gasteiger partial charge in [0.25, 0.3) is 5.91 Å². The van der Waals surface area contributed by atoms with Crippen molar-refractivity contribution in [2.75, 3.05) is 13.2 Å². The SMILES string of the molecule is O=C(N[C@@H]1CCOC[C@H]1OCc1ccccc1)c1ccccc1F. The van der Waals surface area contributed by atoms with E-state index >= 15 is 0 Å². The second kappa shape index (κ2) is 8.04. The Morgan fingerprint density at radius 1 is 1.17 bits per heavy atom. The van der Waals surface area contributed by atoms with Crippen LogP contribution in [0.1, 0.15) is 22.3 Å². The Balaban J connectivity index is 1.62. The lowest BCUT2D eigenvalue weighted by molar-refractivity contribution is -0.0736. The molecule has 2 atom stereocenters. The van der Waals surface area contributed by atoms with E-state index < -0.39 is 11.7 Å². The minimum atomic E-state index is -0.524. The molecule has 1 aliphatic heterocycles. The van der Waals surface area contributed by atoms with E-state index in [-0.39, 0.29) is 17.7 Å². The number of benzene rings is 2. The number of amides is 1. The maximum absolute atomic E-state index is 13.7. The molecule has 1 heterocycles. The summed E-state index contributed by atoms with van der Waals surface area (Å²) in [5, 5.41) is 2.88. The first-order valence-corrected chi connectivity index (χ1v) is 8.02. The summed E-state index contributed by atoms with van der Waals surface area (Å²) in [7, 11) is 0. The standard InChI is InChI=1S/C19H20FNO3/c20-16-9-5-4-8-15(16)19(22)21-17-10-11-23-13-18(17)24-12-14-6-2-1-3-7-14/h1-9,17-18H,10-13H2,(H,21,22)/t17-,18-/m1/s1. The van der Waals surface area contributed by atoms with Crippen LogP contribution in [0.2, 0.25) is 0 Å². The second-order valence-electron chi connectivity index (χ2n) is 5.76. The van der Waals surface area contributed by atoms with E-state index in [0.717, 1.165) is 5.56 Å². The summed E-state index contributed by atoms with van der Waals surface area (Å²) in [5.74, 6) is -0.947. The minimum absolute atomic E-state index is 0.0470. The van der Waals surface area contributed by atoms with Crippen molar-refractivity contribution in [2.45, 2.75) is 25.2 Å². The summed E-state index contributed by atoms with van der Waals surface area (Å²) in [6, 6.07) is 15.6. The molecule has 2 aromatic rings. The highest BCUT2D eigenvalue weighted by Gasteiger charge is 2.28. The van der Waals surface area contributed by atoms with Gasteiger partial charge in [-0.05, 0) is 24.1 Å². The molecule has 0 unspecified atom stereocenters. The van der Waals surface area contributed by atoms with Crippen LogP contribution in [0.3, 0.4) is 0 Å². The van der Waals surface area contributed by atoms with Crippen molar-refractivity contribution >= 4 is 5.91 Å². The predicted molar refractivity (Wildman–Crippen MR) is 88.1 cm³/mol. The van der Waals surface area contributed by atoms with Crippen molar-refractivity contribution in [3.05, 3.63) is 71.5 Å². The van der Waals surface area contributed by atoms with Crippen molar-refractivity contribution in [1.82, 2.24) is 5.32 Å². The monoisotopic (exact) mass is 329 g/mol. The van der Waals surface area contributed by atoms with Crippen molar-refractivity contribution in [3.63, 3.8) is 0 Å². The summed E-state index contributed by atoms with van der Waals surface area (Å²) in [6.45, 7) is 1.41. The largest absolute Gasteiger partial charge is 0.379 e. The number of hydrogen-bond acceptors (Lipinski definition) is 3. The van der Waals surface area contributed by atoms with Gasteiger partial charge in [-0.25, -0.2) is 4.39 Å². The third-order valence-corrected chi connectivity index (χ3v) is 4.05. The minimum Gasteiger partial charge on any atom is -0.379 e. The number of hydrogen-bond donors (Lipinski definition) is 1. The molecule has 1 saturated heterocycles. The van der Waals surface area contributed by atoms with Crippen molar-refractivity contribution in [3.8, 4) is 0 Å². The van der Waals surface area contributed by atoms with E-state index in [1.165, 1.54) is 12.1 Å². The van der Waals surface area contributed by atoms with E-state index in [0.29, 0.717) is 26.2 Å². The van der Waals surface area contributed by atoms with Crippen LogP contribution in [0.5, 0.6) is 0 Å². The third-order valence-electron chi connectivity index (χ3n) is 4.05. The zero-order chi connectivity index (χ0) is 16.8. The molecule has 0 spiro atoms. The third kappa shape index (κ3) is 4.19. The summed E-state index contributed by atoms with van der Waals surface area (Å²) >= 11 is 0. The highest BCUT2D eigenvalue weighted by atomic mass is 19.1. The van der Waals surface area contributed by atoms with E-state index in [1.54, 1.807) is 12.1 Å². The average molecular weight is 329 g/mol. The van der Waals surface area contributed by atoms with Gasteiger partial charge in [-0.2, -0.15) is 0 Å². The fourth-order valence-electron chi connectivity index (χ4n) is 2.71. The lowest BCUT2D eigenvalue weighted by Gasteiger charge is -2.32. The van der Waals surface area contributed by atoms with Gasteiger partial charge in [-0.3, -0.25) is 4.79 Å². The normalized spacial score (nSPS) is 20.5. The first kappa shape index (κ1) is 16.6. The second-order valence-corrected chi connectivity index (χ2v) is 5.76. The lowest BCUT2D eigenvalue weighted by atomic mass is 10.0. The van der Waals surface area contributed by atoms with E-state index in [4.69, 9.17) is 9.47 Å². The van der Waals surface area contributed by atoms with E-state index in [9.17, 15) is 9.18 Å². The summed E-state index contributed by atoms with van der Waals surface area (Å²) in [5.41, 5.74) is 1.10. The quantitative estimate of drug-likeness (QED) is 0.917. The summed E-state index contributed by atoms with van der Waals surface area (Å²) < 4.78 is 25.1. The molecule has 0 aliphatic carbocycles. The highest BCUT2D eigenvalue weighted by molar-refractivity contribution is 5.94. The van der Waals surface area contributed by atoms with Crippen LogP contribution in [-0.2, 0) is 16.1 Å². The molecular weight excluding hydrogens is 309 g/mol. The van der Waals surface area contributed by atoms with Gasteiger partial charge in [-0.15, -0.1) is 0 Å². The van der Waals surface area contributed by atoms with Crippen molar-refractivity contribution in [2.24, 2.45) is 0 Å². The molecule has 0 bridgehead atoms. The average Bonchev–Trinajstić information content (AvgIpc) is 2.62. The molecule has 5 heteroatoms. The maximum Gasteiger partial charge on any atom is 0.254 e. The zero-order valence-electron chi connectivity index (χ0n) is 13.3. The Morgan fingerprint density at radius 3 is 2.71 bits per heavy atom. The molecule has 2 aromatic carbocycles. The zero-order valence-corrected chi connectivity index (χ0v) is 13.3. The Bertz CT molecular complexity index is 677. The Kier molecular flexibility index (Phi) is 5.56. The van der Waals surface area contributed by atoms with Gasteiger partial charge in [0.15, 0.2) is 0 Å². The number of nitrogens with one attached hydrogen (secondary N) is 1. The van der Waals surface area contributed by atoms with Gasteiger partial charge >= 0.3 is 0 Å². The Hall–Kier alpha value is -2.24. The molecule has 0 aromatic heterocycles. The van der Waals surface area contributed by atoms with Gasteiger partial charge in [0.2, 0.25) is 0 Å². The number of halogens is 1. The molecule has 0 radical (unpaired) electrons. The summed E-state index contributed by atoms with van der Waals surface area (Å²) in [6.07, 6.45) is 0.384. The molecule has 4 nitrogen and oxygen atoms in total. The van der Waals surface area contributed by atoms with Crippen LogP contribution in [-0.4, -0.2) is 31.3 Å². The van der Waals surface area contributed by atoms with E-state index in [1.807, 2.05) is 30.3 Å². The highest BCUT2D eigenvalue weighted by Crippen LogP contribution is 2.15. The van der Waals surface area contributed by atoms with Crippen LogP contribution in [0.25, 0.3) is 0 Å². The summed E-state index contributed by atoms with van der Waals surface area (Å²) in [4.78, 5) is 12.3. The number of ether oxygens (including phenoxy) is 2. The van der Waals surface area contributed by atoms with Crippen molar-refractivity contribution < 1.29 is 18.7 Å². The molecule has 0 saturated carbocycles. The van der Waals surface area contributed by atoms with Crippen molar-refractivity contribution in [1.29, 1.82) is 0 Å². The van der Waals surface area contributed by atoms with E-state index in [2.05, 4.69) is 5.32 Å². The molecule has 3 rings (SSSR count). The predicted octanol–water partition coefficient (Wildman–Crippen LogP) is 2.93. The lowest BCUT2D eigenvalue weighted by Crippen LogP contribution is -2.50. The van der Waals surface area contributed by atoms with Crippen LogP contribution in [0, 0.1) is 5.82 Å². The van der Waals surface area contributed by atoms with Gasteiger partial charge < -0.3 is 14.8 Å². The van der Waals surface area contributed by atoms with Crippen LogP contribution in [0.4, 0.5) is 4.39 Å². The van der Waals surface area contributed by atoms with Gasteiger partial charge in [0.05, 0.1) is 24.8 Å². The number of rotatable bonds is 5. The number of carbonyl (C=O) groups is 1. The molecule has 1 amide bonds. The number of carbonyl (C=O) groups excluding carboxylic acids is 1. The first-order valence-electron chi connectivity index (χ1n) is 8.02. The molecule has 24 heavy (non-hydrogen) atoms. The van der Waals surface area contributed by atoms with Crippen LogP contribution < -0.4 is 5.32 Å². The molecule has 1 fully saturated rings. The Labute approximate surface area is 140 Å². The Morgan fingerprint density at radius 2 is 1.92 bits per heavy atom. The van der Waals surface area contributed by atoms with Crippen LogP contribution in [0.15, 0.2) is 54.6 Å². The van der Waals surface area contributed by atoms with Gasteiger partial charge in [0.1, 0.15) is 11.9 Å². The molecule has 126 valence electrons. The van der Waals surface area contributed by atoms with Gasteiger partial charge in [0, 0.05) is 6.61 Å². The van der Waals surface area contributed by atoms with Gasteiger partial charge in [-0.1, -0.05) is 42.5 Å². The maximum atomic E-state index is 13.7.